The zero-order chi connectivity index (χ0) is 37.7. The molecule has 57 heavy (non-hydrogen) atoms. The van der Waals surface area contributed by atoms with Gasteiger partial charge in [0.15, 0.2) is 0 Å². The zero-order valence-corrected chi connectivity index (χ0v) is 30.3. The second-order valence-corrected chi connectivity index (χ2v) is 15.4. The molecular formula is C50H27B2F3N2. The van der Waals surface area contributed by atoms with Crippen LogP contribution in [0.15, 0.2) is 164 Å². The van der Waals surface area contributed by atoms with Gasteiger partial charge < -0.3 is 9.80 Å². The predicted molar refractivity (Wildman–Crippen MR) is 231 cm³/mol. The standard InChI is InChI=1S/C50H27B2F3N2/c53-35-20-4-1-13-28(35)44-29-14-11-18-33-45(29)47-46-30(44)15-12-19-34(46)52-32-17-3-8-24-39(32)57(41-26-10-6-22-37(41)55)43-27-42-49(48(47)50(43)52)51(33)31-16-2-7-23-38(31)56(42)40-25-9-5-21-36(40)54/h1-27H. The van der Waals surface area contributed by atoms with Gasteiger partial charge in [0.05, 0.1) is 11.4 Å². The maximum atomic E-state index is 16.3. The molecule has 0 fully saturated rings. The van der Waals surface area contributed by atoms with Gasteiger partial charge in [-0.25, -0.2) is 13.2 Å². The molecule has 0 aromatic heterocycles. The summed E-state index contributed by atoms with van der Waals surface area (Å²) in [5, 5.41) is 4.15. The van der Waals surface area contributed by atoms with Crippen LogP contribution in [0.5, 0.6) is 0 Å². The summed E-state index contributed by atoms with van der Waals surface area (Å²) in [5.41, 5.74) is 14.6. The Hall–Kier alpha value is -6.98. The minimum absolute atomic E-state index is 0.216. The highest BCUT2D eigenvalue weighted by atomic mass is 19.1. The molecule has 4 aliphatic heterocycles. The SMILES string of the molecule is Fc1ccccc1-c1c2cccc3c2c2c4c(cccc14)B1c4ccccc4N(c4ccccc4F)c4cc5c(c-2c41)B3c1ccccc1N5c1ccccc1F. The lowest BCUT2D eigenvalue weighted by molar-refractivity contribution is 0.629. The Morgan fingerprint density at radius 1 is 0.333 bits per heavy atom. The van der Waals surface area contributed by atoms with E-state index in [9.17, 15) is 0 Å². The first-order valence-corrected chi connectivity index (χ1v) is 19.3. The topological polar surface area (TPSA) is 6.48 Å². The molecule has 4 aliphatic rings. The molecule has 0 amide bonds. The second-order valence-electron chi connectivity index (χ2n) is 15.4. The second kappa shape index (κ2) is 11.1. The molecule has 9 aromatic rings. The van der Waals surface area contributed by atoms with Crippen molar-refractivity contribution < 1.29 is 13.2 Å². The van der Waals surface area contributed by atoms with Crippen LogP contribution in [0, 0.1) is 17.5 Å². The normalized spacial score (nSPS) is 13.7. The van der Waals surface area contributed by atoms with Gasteiger partial charge in [-0.2, -0.15) is 0 Å². The van der Waals surface area contributed by atoms with Crippen molar-refractivity contribution in [2.45, 2.75) is 0 Å². The van der Waals surface area contributed by atoms with E-state index in [-0.39, 0.29) is 30.9 Å². The maximum absolute atomic E-state index is 16.3. The van der Waals surface area contributed by atoms with Gasteiger partial charge >= 0.3 is 0 Å². The first-order valence-electron chi connectivity index (χ1n) is 19.3. The lowest BCUT2D eigenvalue weighted by atomic mass is 9.26. The summed E-state index contributed by atoms with van der Waals surface area (Å²) in [4.78, 5) is 4.14. The Morgan fingerprint density at radius 3 is 1.25 bits per heavy atom. The van der Waals surface area contributed by atoms with Crippen LogP contribution in [-0.4, -0.2) is 13.4 Å². The van der Waals surface area contributed by atoms with Crippen LogP contribution >= 0.6 is 0 Å². The number of anilines is 6. The minimum atomic E-state index is -0.334. The molecule has 4 heterocycles. The van der Waals surface area contributed by atoms with Gasteiger partial charge in [-0.05, 0) is 103 Å². The van der Waals surface area contributed by atoms with E-state index in [0.29, 0.717) is 16.9 Å². The Balaban J connectivity index is 1.30. The highest BCUT2D eigenvalue weighted by Crippen LogP contribution is 2.52. The van der Waals surface area contributed by atoms with Crippen molar-refractivity contribution in [3.63, 3.8) is 0 Å². The van der Waals surface area contributed by atoms with Gasteiger partial charge in [0.2, 0.25) is 13.4 Å². The molecule has 0 spiro atoms. The summed E-state index contributed by atoms with van der Waals surface area (Å²) in [6.45, 7) is -0.432. The third kappa shape index (κ3) is 3.84. The molecule has 0 saturated heterocycles. The highest BCUT2D eigenvalue weighted by Gasteiger charge is 2.50. The van der Waals surface area contributed by atoms with Crippen molar-refractivity contribution in [2.24, 2.45) is 0 Å². The van der Waals surface area contributed by atoms with E-state index in [0.717, 1.165) is 93.8 Å². The molecule has 2 nitrogen and oxygen atoms in total. The largest absolute Gasteiger partial charge is 0.309 e. The van der Waals surface area contributed by atoms with E-state index in [1.54, 1.807) is 24.3 Å². The summed E-state index contributed by atoms with van der Waals surface area (Å²) >= 11 is 0. The highest BCUT2D eigenvalue weighted by molar-refractivity contribution is 7.05. The molecule has 0 atom stereocenters. The summed E-state index contributed by atoms with van der Waals surface area (Å²) in [6, 6.07) is 52.7. The molecule has 0 bridgehead atoms. The molecule has 7 heteroatoms. The van der Waals surface area contributed by atoms with Crippen LogP contribution < -0.4 is 42.6 Å². The molecular weight excluding hydrogens is 707 g/mol. The number of hydrogen-bond donors (Lipinski definition) is 0. The van der Waals surface area contributed by atoms with E-state index < -0.39 is 0 Å². The van der Waals surface area contributed by atoms with E-state index in [1.165, 1.54) is 12.1 Å². The molecule has 13 rings (SSSR count). The fourth-order valence-electron chi connectivity index (χ4n) is 10.9. The summed E-state index contributed by atoms with van der Waals surface area (Å²) in [6.07, 6.45) is 0. The van der Waals surface area contributed by atoms with Gasteiger partial charge in [-0.3, -0.25) is 0 Å². The Kier molecular flexibility index (Phi) is 6.07. The number of benzene rings is 9. The fraction of sp³-hybridized carbons (Fsp3) is 0. The van der Waals surface area contributed by atoms with Crippen molar-refractivity contribution in [2.75, 3.05) is 9.80 Å². The Morgan fingerprint density at radius 2 is 0.754 bits per heavy atom. The quantitative estimate of drug-likeness (QED) is 0.132. The monoisotopic (exact) mass is 734 g/mol. The molecule has 9 aromatic carbocycles. The van der Waals surface area contributed by atoms with E-state index in [2.05, 4.69) is 88.7 Å². The molecule has 0 N–H and O–H groups in total. The van der Waals surface area contributed by atoms with Gasteiger partial charge in [-0.15, -0.1) is 0 Å². The Labute approximate surface area is 327 Å². The van der Waals surface area contributed by atoms with Crippen LogP contribution in [-0.2, 0) is 0 Å². The average Bonchev–Trinajstić information content (AvgIpc) is 3.24. The van der Waals surface area contributed by atoms with Gasteiger partial charge in [-0.1, -0.05) is 126 Å². The molecule has 0 saturated carbocycles. The van der Waals surface area contributed by atoms with E-state index in [1.807, 2.05) is 48.5 Å². The smallest absolute Gasteiger partial charge is 0.248 e. The fourth-order valence-corrected chi connectivity index (χ4v) is 10.9. The third-order valence-electron chi connectivity index (χ3n) is 12.8. The Bertz CT molecular complexity index is 3100. The van der Waals surface area contributed by atoms with E-state index in [4.69, 9.17) is 0 Å². The molecule has 0 radical (unpaired) electrons. The van der Waals surface area contributed by atoms with Crippen molar-refractivity contribution in [1.82, 2.24) is 0 Å². The van der Waals surface area contributed by atoms with E-state index >= 15 is 13.2 Å². The summed E-state index contributed by atoms with van der Waals surface area (Å²) in [5.74, 6) is -0.936. The van der Waals surface area contributed by atoms with Gasteiger partial charge in [0.25, 0.3) is 0 Å². The van der Waals surface area contributed by atoms with Crippen LogP contribution in [0.4, 0.5) is 47.3 Å². The van der Waals surface area contributed by atoms with Crippen LogP contribution in [0.2, 0.25) is 0 Å². The summed E-state index contributed by atoms with van der Waals surface area (Å²) < 4.78 is 48.8. The van der Waals surface area contributed by atoms with Crippen LogP contribution in [0.25, 0.3) is 43.8 Å². The van der Waals surface area contributed by atoms with Gasteiger partial charge in [0.1, 0.15) is 17.5 Å². The minimum Gasteiger partial charge on any atom is -0.309 e. The summed E-state index contributed by atoms with van der Waals surface area (Å²) in [7, 11) is 0. The molecule has 0 unspecified atom stereocenters. The van der Waals surface area contributed by atoms with Crippen molar-refractivity contribution in [3.8, 4) is 22.3 Å². The number of para-hydroxylation sites is 4. The third-order valence-corrected chi connectivity index (χ3v) is 12.8. The van der Waals surface area contributed by atoms with Crippen LogP contribution in [0.3, 0.4) is 0 Å². The molecule has 264 valence electrons. The first-order chi connectivity index (χ1) is 28.1. The van der Waals surface area contributed by atoms with Gasteiger partial charge in [0, 0.05) is 33.9 Å². The number of rotatable bonds is 3. The van der Waals surface area contributed by atoms with Crippen molar-refractivity contribution >= 4 is 102 Å². The van der Waals surface area contributed by atoms with Crippen molar-refractivity contribution in [3.05, 3.63) is 181 Å². The first kappa shape index (κ1) is 31.2. The lowest BCUT2D eigenvalue weighted by Crippen LogP contribution is -2.66. The van der Waals surface area contributed by atoms with Crippen LogP contribution in [0.1, 0.15) is 0 Å². The average molecular weight is 734 g/mol. The van der Waals surface area contributed by atoms with Crippen molar-refractivity contribution in [1.29, 1.82) is 0 Å². The zero-order valence-electron chi connectivity index (χ0n) is 30.3. The molecule has 0 aliphatic carbocycles. The number of fused-ring (bicyclic) bond motifs is 6. The lowest BCUT2D eigenvalue weighted by Gasteiger charge is -2.47. The number of nitrogens with zero attached hydrogens (tertiary/aromatic N) is 2. The maximum Gasteiger partial charge on any atom is 0.248 e. The number of halogens is 3. The number of hydrogen-bond acceptors (Lipinski definition) is 2. The predicted octanol–water partition coefficient (Wildman–Crippen LogP) is 8.97.